The average molecular weight is 529 g/mol. The Hall–Kier alpha value is -4.19. The van der Waals surface area contributed by atoms with Crippen molar-refractivity contribution in [2.24, 2.45) is 7.05 Å². The van der Waals surface area contributed by atoms with Gasteiger partial charge in [-0.1, -0.05) is 6.42 Å². The molecule has 3 heterocycles. The van der Waals surface area contributed by atoms with Crippen LogP contribution in [-0.2, 0) is 18.0 Å². The van der Waals surface area contributed by atoms with Crippen LogP contribution in [0.25, 0.3) is 11.0 Å². The van der Waals surface area contributed by atoms with E-state index in [-0.39, 0.29) is 23.6 Å². The van der Waals surface area contributed by atoms with Crippen LogP contribution < -0.4 is 20.7 Å². The lowest BCUT2D eigenvalue weighted by atomic mass is 10.0. The molecule has 0 saturated carbocycles. The van der Waals surface area contributed by atoms with Crippen LogP contribution in [0.15, 0.2) is 54.7 Å². The number of nitrogens with one attached hydrogen (secondary N) is 3. The number of aromatic nitrogens is 3. The molecule has 8 nitrogen and oxygen atoms in total. The van der Waals surface area contributed by atoms with E-state index in [1.54, 1.807) is 41.9 Å². The van der Waals surface area contributed by atoms with Crippen LogP contribution in [0.1, 0.15) is 24.8 Å². The lowest BCUT2D eigenvalue weighted by Gasteiger charge is -2.22. The number of hydrogen-bond acceptors (Lipinski definition) is 6. The molecule has 1 amide bonds. The fourth-order valence-electron chi connectivity index (χ4n) is 4.24. The lowest BCUT2D eigenvalue weighted by molar-refractivity contribution is -0.137. The number of halogens is 4. The van der Waals surface area contributed by atoms with Crippen molar-refractivity contribution in [1.29, 1.82) is 0 Å². The highest BCUT2D eigenvalue weighted by Crippen LogP contribution is 2.34. The normalized spacial score (nSPS) is 15.9. The molecule has 2 aromatic heterocycles. The van der Waals surface area contributed by atoms with Crippen LogP contribution >= 0.6 is 0 Å². The second kappa shape index (κ2) is 10.3. The number of carbonyl (C=O) groups is 1. The highest BCUT2D eigenvalue weighted by Gasteiger charge is 2.31. The van der Waals surface area contributed by atoms with Crippen molar-refractivity contribution in [1.82, 2.24) is 19.9 Å². The van der Waals surface area contributed by atoms with Crippen LogP contribution in [0, 0.1) is 5.82 Å². The largest absolute Gasteiger partial charge is 0.457 e. The number of carbonyl (C=O) groups excluding carboxylic acids is 1. The molecule has 3 N–H and O–H groups in total. The monoisotopic (exact) mass is 528 g/mol. The van der Waals surface area contributed by atoms with Gasteiger partial charge in [0, 0.05) is 25.4 Å². The molecule has 2 aromatic carbocycles. The molecule has 0 radical (unpaired) electrons. The zero-order valence-corrected chi connectivity index (χ0v) is 20.3. The predicted octanol–water partition coefficient (Wildman–Crippen LogP) is 5.74. The molecule has 0 aliphatic carbocycles. The minimum Gasteiger partial charge on any atom is -0.457 e. The van der Waals surface area contributed by atoms with Crippen LogP contribution in [0.4, 0.5) is 35.0 Å². The number of aryl methyl sites for hydroxylation is 1. The summed E-state index contributed by atoms with van der Waals surface area (Å²) in [6.07, 6.45) is -0.284. The van der Waals surface area contributed by atoms with Gasteiger partial charge in [-0.3, -0.25) is 4.79 Å². The van der Waals surface area contributed by atoms with Crippen molar-refractivity contribution in [2.45, 2.75) is 31.5 Å². The third-order valence-corrected chi connectivity index (χ3v) is 6.24. The molecule has 1 aliphatic rings. The third kappa shape index (κ3) is 5.54. The Bertz CT molecular complexity index is 1480. The Morgan fingerprint density at radius 2 is 1.92 bits per heavy atom. The molecular weight excluding hydrogens is 504 g/mol. The number of pyridine rings is 1. The maximum Gasteiger partial charge on any atom is 0.416 e. The summed E-state index contributed by atoms with van der Waals surface area (Å²) in [4.78, 5) is 21.1. The second-order valence-electron chi connectivity index (χ2n) is 8.93. The topological polar surface area (TPSA) is 93.1 Å². The van der Waals surface area contributed by atoms with Gasteiger partial charge < -0.3 is 25.3 Å². The summed E-state index contributed by atoms with van der Waals surface area (Å²) < 4.78 is 61.0. The van der Waals surface area contributed by atoms with Gasteiger partial charge in [0.15, 0.2) is 0 Å². The van der Waals surface area contributed by atoms with E-state index < -0.39 is 17.6 Å². The zero-order valence-electron chi connectivity index (χ0n) is 20.3. The molecule has 38 heavy (non-hydrogen) atoms. The third-order valence-electron chi connectivity index (χ3n) is 6.24. The van der Waals surface area contributed by atoms with E-state index in [0.717, 1.165) is 31.9 Å². The molecule has 198 valence electrons. The Morgan fingerprint density at radius 1 is 1.11 bits per heavy atom. The molecule has 1 saturated heterocycles. The highest BCUT2D eigenvalue weighted by atomic mass is 19.4. The van der Waals surface area contributed by atoms with E-state index in [1.807, 2.05) is 0 Å². The molecule has 1 aliphatic heterocycles. The van der Waals surface area contributed by atoms with Crippen molar-refractivity contribution < 1.29 is 27.1 Å². The smallest absolute Gasteiger partial charge is 0.416 e. The summed E-state index contributed by atoms with van der Waals surface area (Å²) in [6, 6.07) is 10.2. The van der Waals surface area contributed by atoms with Crippen molar-refractivity contribution in [3.63, 3.8) is 0 Å². The molecule has 4 aromatic rings. The van der Waals surface area contributed by atoms with E-state index >= 15 is 0 Å². The van der Waals surface area contributed by atoms with E-state index in [4.69, 9.17) is 4.74 Å². The Balaban J connectivity index is 1.33. The molecule has 1 atom stereocenters. The average Bonchev–Trinajstić information content (AvgIpc) is 3.19. The molecule has 12 heteroatoms. The standard InChI is InChI=1S/C26H24F4N6O2/c1-36-22-8-6-16(38-17-9-11-32-23(14-17)35-24(37)19-4-2-3-10-31-19)13-21(22)34-25(36)33-20-12-15(26(28,29)30)5-7-18(20)27/h5-9,11-14,19,31H,2-4,10H2,1H3,(H,33,34)(H,32,35,37)/t19-/m0/s1. The molecular formula is C26H24F4N6O2. The number of amides is 1. The number of benzene rings is 2. The number of piperidine rings is 1. The van der Waals surface area contributed by atoms with Crippen molar-refractivity contribution in [3.8, 4) is 11.5 Å². The summed E-state index contributed by atoms with van der Waals surface area (Å²) >= 11 is 0. The van der Waals surface area contributed by atoms with Gasteiger partial charge in [-0.25, -0.2) is 14.4 Å². The fourth-order valence-corrected chi connectivity index (χ4v) is 4.24. The number of fused-ring (bicyclic) bond motifs is 1. The van der Waals surface area contributed by atoms with Gasteiger partial charge in [-0.05, 0) is 55.8 Å². The van der Waals surface area contributed by atoms with E-state index in [9.17, 15) is 22.4 Å². The van der Waals surface area contributed by atoms with Crippen LogP contribution in [0.2, 0.25) is 0 Å². The van der Waals surface area contributed by atoms with Gasteiger partial charge >= 0.3 is 6.18 Å². The number of ether oxygens (including phenoxy) is 1. The first-order valence-electron chi connectivity index (χ1n) is 12.0. The molecule has 5 rings (SSSR count). The van der Waals surface area contributed by atoms with Crippen LogP contribution in [0.3, 0.4) is 0 Å². The minimum absolute atomic E-state index is 0.151. The predicted molar refractivity (Wildman–Crippen MR) is 134 cm³/mol. The first-order valence-corrected chi connectivity index (χ1v) is 12.0. The Labute approximate surface area is 215 Å². The molecule has 0 spiro atoms. The molecule has 0 unspecified atom stereocenters. The Morgan fingerprint density at radius 3 is 2.68 bits per heavy atom. The fraction of sp³-hybridized carbons (Fsp3) is 0.269. The molecule has 0 bridgehead atoms. The SMILES string of the molecule is Cn1c(Nc2cc(C(F)(F)F)ccc2F)nc2cc(Oc3ccnc(NC(=O)[C@@H]4CCCCN4)c3)ccc21. The van der Waals surface area contributed by atoms with E-state index in [1.165, 1.54) is 6.20 Å². The number of hydrogen-bond donors (Lipinski definition) is 3. The van der Waals surface area contributed by atoms with Gasteiger partial charge in [0.2, 0.25) is 11.9 Å². The maximum atomic E-state index is 14.2. The quantitative estimate of drug-likeness (QED) is 0.276. The summed E-state index contributed by atoms with van der Waals surface area (Å²) in [5.74, 6) is 0.390. The number of imidazole rings is 1. The van der Waals surface area contributed by atoms with Gasteiger partial charge in [0.05, 0.1) is 28.3 Å². The van der Waals surface area contributed by atoms with Gasteiger partial charge in [0.1, 0.15) is 23.1 Å². The van der Waals surface area contributed by atoms with Gasteiger partial charge in [-0.2, -0.15) is 13.2 Å². The van der Waals surface area contributed by atoms with Crippen molar-refractivity contribution >= 4 is 34.4 Å². The summed E-state index contributed by atoms with van der Waals surface area (Å²) in [5, 5.41) is 8.64. The minimum atomic E-state index is -4.61. The maximum absolute atomic E-state index is 14.2. The van der Waals surface area contributed by atoms with Gasteiger partial charge in [0.25, 0.3) is 0 Å². The number of anilines is 3. The summed E-state index contributed by atoms with van der Waals surface area (Å²) in [7, 11) is 1.66. The van der Waals surface area contributed by atoms with E-state index in [2.05, 4.69) is 25.9 Å². The highest BCUT2D eigenvalue weighted by molar-refractivity contribution is 5.94. The lowest BCUT2D eigenvalue weighted by Crippen LogP contribution is -2.43. The second-order valence-corrected chi connectivity index (χ2v) is 8.93. The van der Waals surface area contributed by atoms with Crippen LogP contribution in [-0.4, -0.2) is 33.0 Å². The number of nitrogens with zero attached hydrogens (tertiary/aromatic N) is 3. The molecule has 1 fully saturated rings. The van der Waals surface area contributed by atoms with Crippen molar-refractivity contribution in [2.75, 3.05) is 17.2 Å². The Kier molecular flexibility index (Phi) is 6.89. The number of alkyl halides is 3. The summed E-state index contributed by atoms with van der Waals surface area (Å²) in [5.41, 5.74) is -0.191. The summed E-state index contributed by atoms with van der Waals surface area (Å²) in [6.45, 7) is 0.802. The number of rotatable bonds is 6. The zero-order chi connectivity index (χ0) is 26.9. The van der Waals surface area contributed by atoms with Crippen LogP contribution in [0.5, 0.6) is 11.5 Å². The first-order chi connectivity index (χ1) is 18.2. The van der Waals surface area contributed by atoms with Crippen molar-refractivity contribution in [3.05, 3.63) is 66.1 Å². The first kappa shape index (κ1) is 25.5. The van der Waals surface area contributed by atoms with E-state index in [0.29, 0.717) is 40.5 Å². The van der Waals surface area contributed by atoms with Gasteiger partial charge in [-0.15, -0.1) is 0 Å².